The van der Waals surface area contributed by atoms with Crippen LogP contribution in [0.15, 0.2) is 60.7 Å². The number of hydrogen-bond acceptors (Lipinski definition) is 6. The van der Waals surface area contributed by atoms with Gasteiger partial charge in [0.15, 0.2) is 6.61 Å². The first-order chi connectivity index (χ1) is 18.2. The van der Waals surface area contributed by atoms with E-state index in [1.54, 1.807) is 18.0 Å². The number of para-hydroxylation sites is 1. The summed E-state index contributed by atoms with van der Waals surface area (Å²) in [5.41, 5.74) is 2.48. The SMILES string of the molecule is CN(C(=O)COc1cccc2c1N(S(C)(=O)=O)CCC2)C(CN1CCC(O)C1)c1cccc2ccccc12. The minimum atomic E-state index is -3.47. The average Bonchev–Trinajstić information content (AvgIpc) is 3.33. The number of anilines is 1. The molecular weight excluding hydrogens is 502 g/mol. The Bertz CT molecular complexity index is 1420. The van der Waals surface area contributed by atoms with E-state index in [1.807, 2.05) is 30.3 Å². The fraction of sp³-hybridized carbons (Fsp3) is 0.414. The molecule has 5 rings (SSSR count). The highest BCUT2D eigenvalue weighted by molar-refractivity contribution is 7.92. The van der Waals surface area contributed by atoms with Gasteiger partial charge in [-0.2, -0.15) is 0 Å². The van der Waals surface area contributed by atoms with Crippen molar-refractivity contribution in [1.82, 2.24) is 9.80 Å². The highest BCUT2D eigenvalue weighted by Gasteiger charge is 2.31. The maximum Gasteiger partial charge on any atom is 0.260 e. The molecule has 2 unspecified atom stereocenters. The van der Waals surface area contributed by atoms with Gasteiger partial charge < -0.3 is 14.7 Å². The minimum Gasteiger partial charge on any atom is -0.482 e. The zero-order valence-corrected chi connectivity index (χ0v) is 22.7. The van der Waals surface area contributed by atoms with E-state index in [1.165, 1.54) is 10.6 Å². The highest BCUT2D eigenvalue weighted by atomic mass is 32.2. The second kappa shape index (κ2) is 10.9. The molecular formula is C29H35N3O5S. The summed E-state index contributed by atoms with van der Waals surface area (Å²) in [6.07, 6.45) is 3.07. The van der Waals surface area contributed by atoms with Crippen LogP contribution in [0.3, 0.4) is 0 Å². The number of ether oxygens (including phenoxy) is 1. The fourth-order valence-corrected chi connectivity index (χ4v) is 6.63. The third kappa shape index (κ3) is 5.50. The number of carbonyl (C=O) groups is 1. The molecule has 8 nitrogen and oxygen atoms in total. The van der Waals surface area contributed by atoms with Crippen LogP contribution in [-0.2, 0) is 21.2 Å². The largest absolute Gasteiger partial charge is 0.482 e. The van der Waals surface area contributed by atoms with Crippen LogP contribution in [-0.4, -0.2) is 81.4 Å². The molecule has 2 atom stereocenters. The third-order valence-corrected chi connectivity index (χ3v) is 8.78. The molecule has 3 aromatic carbocycles. The topological polar surface area (TPSA) is 90.4 Å². The van der Waals surface area contributed by atoms with E-state index >= 15 is 0 Å². The van der Waals surface area contributed by atoms with Crippen LogP contribution in [0.25, 0.3) is 10.8 Å². The number of hydrogen-bond donors (Lipinski definition) is 1. The number of likely N-dealkylation sites (N-methyl/N-ethyl adjacent to an activating group) is 1. The number of likely N-dealkylation sites (tertiary alicyclic amines) is 1. The molecule has 0 aliphatic carbocycles. The molecule has 9 heteroatoms. The molecule has 0 bridgehead atoms. The van der Waals surface area contributed by atoms with Gasteiger partial charge in [0.05, 0.1) is 24.1 Å². The molecule has 0 aromatic heterocycles. The summed E-state index contributed by atoms with van der Waals surface area (Å²) in [5, 5.41) is 12.3. The van der Waals surface area contributed by atoms with Gasteiger partial charge in [0, 0.05) is 33.2 Å². The van der Waals surface area contributed by atoms with Crippen molar-refractivity contribution >= 4 is 32.4 Å². The molecule has 38 heavy (non-hydrogen) atoms. The second-order valence-corrected chi connectivity index (χ2v) is 12.2. The number of nitrogens with zero attached hydrogens (tertiary/aromatic N) is 3. The second-order valence-electron chi connectivity index (χ2n) is 10.3. The van der Waals surface area contributed by atoms with Gasteiger partial charge in [0.1, 0.15) is 5.75 Å². The van der Waals surface area contributed by atoms with Crippen molar-refractivity contribution in [2.24, 2.45) is 0 Å². The van der Waals surface area contributed by atoms with Gasteiger partial charge in [0.25, 0.3) is 5.91 Å². The predicted octanol–water partition coefficient (Wildman–Crippen LogP) is 3.20. The fourth-order valence-electron chi connectivity index (χ4n) is 5.63. The number of fused-ring (bicyclic) bond motifs is 2. The normalized spacial score (nSPS) is 18.8. The standard InChI is InChI=1S/C29H35N3O5S/c1-30(28(34)20-37-27-14-6-10-22-11-7-16-32(29(22)27)38(2,35)36)26(19-31-17-15-23(33)18-31)25-13-5-9-21-8-3-4-12-24(21)25/h3-6,8-10,12-14,23,26,33H,7,11,15-20H2,1-2H3. The van der Waals surface area contributed by atoms with Crippen LogP contribution >= 0.6 is 0 Å². The number of carbonyl (C=O) groups excluding carboxylic acids is 1. The van der Waals surface area contributed by atoms with Crippen LogP contribution in [0.5, 0.6) is 5.75 Å². The van der Waals surface area contributed by atoms with E-state index in [2.05, 4.69) is 29.2 Å². The lowest BCUT2D eigenvalue weighted by Crippen LogP contribution is -2.41. The Morgan fingerprint density at radius 1 is 1.11 bits per heavy atom. The van der Waals surface area contributed by atoms with Crippen molar-refractivity contribution in [3.8, 4) is 5.75 Å². The summed E-state index contributed by atoms with van der Waals surface area (Å²) in [6, 6.07) is 19.5. The first kappa shape index (κ1) is 26.5. The van der Waals surface area contributed by atoms with Crippen molar-refractivity contribution in [1.29, 1.82) is 0 Å². The van der Waals surface area contributed by atoms with Gasteiger partial charge in [-0.25, -0.2) is 8.42 Å². The Hall–Kier alpha value is -3.14. The van der Waals surface area contributed by atoms with Crippen LogP contribution in [0.1, 0.15) is 30.0 Å². The molecule has 2 aliphatic heterocycles. The number of aliphatic hydroxyl groups excluding tert-OH is 1. The van der Waals surface area contributed by atoms with E-state index in [0.29, 0.717) is 31.1 Å². The molecule has 1 fully saturated rings. The Morgan fingerprint density at radius 2 is 1.87 bits per heavy atom. The lowest BCUT2D eigenvalue weighted by Gasteiger charge is -2.33. The summed E-state index contributed by atoms with van der Waals surface area (Å²) in [7, 11) is -1.69. The minimum absolute atomic E-state index is 0.206. The maximum absolute atomic E-state index is 13.6. The van der Waals surface area contributed by atoms with Gasteiger partial charge >= 0.3 is 0 Å². The third-order valence-electron chi connectivity index (χ3n) is 7.61. The number of amides is 1. The number of rotatable bonds is 8. The molecule has 2 aliphatic rings. The smallest absolute Gasteiger partial charge is 0.260 e. The van der Waals surface area contributed by atoms with E-state index in [9.17, 15) is 18.3 Å². The Balaban J connectivity index is 1.40. The van der Waals surface area contributed by atoms with Crippen molar-refractivity contribution in [3.05, 3.63) is 71.8 Å². The van der Waals surface area contributed by atoms with Gasteiger partial charge in [-0.3, -0.25) is 14.0 Å². The number of β-amino-alcohol motifs (C(OH)–C–C–N with tert-alkyl or cyclic N) is 1. The highest BCUT2D eigenvalue weighted by Crippen LogP contribution is 2.38. The maximum atomic E-state index is 13.6. The number of benzene rings is 3. The Labute approximate surface area is 224 Å². The number of aliphatic hydroxyl groups is 1. The Morgan fingerprint density at radius 3 is 2.63 bits per heavy atom. The number of sulfonamides is 1. The summed E-state index contributed by atoms with van der Waals surface area (Å²) < 4.78 is 32.3. The lowest BCUT2D eigenvalue weighted by atomic mass is 9.97. The first-order valence-electron chi connectivity index (χ1n) is 13.1. The van der Waals surface area contributed by atoms with Gasteiger partial charge in [-0.15, -0.1) is 0 Å². The van der Waals surface area contributed by atoms with E-state index in [0.717, 1.165) is 47.7 Å². The summed E-state index contributed by atoms with van der Waals surface area (Å²) in [4.78, 5) is 17.5. The molecule has 202 valence electrons. The summed E-state index contributed by atoms with van der Waals surface area (Å²) in [6.45, 7) is 2.13. The quantitative estimate of drug-likeness (QED) is 0.475. The first-order valence-corrected chi connectivity index (χ1v) is 14.9. The van der Waals surface area contributed by atoms with Crippen LogP contribution in [0.4, 0.5) is 5.69 Å². The van der Waals surface area contributed by atoms with E-state index < -0.39 is 10.0 Å². The molecule has 1 saturated heterocycles. The summed E-state index contributed by atoms with van der Waals surface area (Å²) >= 11 is 0. The molecule has 2 heterocycles. The summed E-state index contributed by atoms with van der Waals surface area (Å²) in [5.74, 6) is 0.195. The molecule has 0 saturated carbocycles. The molecule has 0 spiro atoms. The van der Waals surface area contributed by atoms with E-state index in [4.69, 9.17) is 4.74 Å². The molecule has 1 amide bonds. The van der Waals surface area contributed by atoms with Crippen molar-refractivity contribution in [2.45, 2.75) is 31.4 Å². The van der Waals surface area contributed by atoms with Gasteiger partial charge in [-0.05, 0) is 47.2 Å². The van der Waals surface area contributed by atoms with Gasteiger partial charge in [0.2, 0.25) is 10.0 Å². The van der Waals surface area contributed by atoms with Gasteiger partial charge in [-0.1, -0.05) is 54.6 Å². The Kier molecular flexibility index (Phi) is 7.61. The lowest BCUT2D eigenvalue weighted by molar-refractivity contribution is -0.134. The molecule has 0 radical (unpaired) electrons. The van der Waals surface area contributed by atoms with Crippen LogP contribution in [0.2, 0.25) is 0 Å². The molecule has 3 aromatic rings. The average molecular weight is 538 g/mol. The van der Waals surface area contributed by atoms with Crippen molar-refractivity contribution in [2.75, 3.05) is 50.4 Å². The zero-order chi connectivity index (χ0) is 26.9. The van der Waals surface area contributed by atoms with Crippen molar-refractivity contribution in [3.63, 3.8) is 0 Å². The van der Waals surface area contributed by atoms with E-state index in [-0.39, 0.29) is 24.7 Å². The van der Waals surface area contributed by atoms with Crippen LogP contribution < -0.4 is 9.04 Å². The monoisotopic (exact) mass is 537 g/mol. The molecule has 1 N–H and O–H groups in total. The van der Waals surface area contributed by atoms with Crippen molar-refractivity contribution < 1.29 is 23.1 Å². The predicted molar refractivity (Wildman–Crippen MR) is 149 cm³/mol. The zero-order valence-electron chi connectivity index (χ0n) is 21.9. The van der Waals surface area contributed by atoms with Crippen LogP contribution in [0, 0.1) is 0 Å². The number of aryl methyl sites for hydroxylation is 1.